The average molecular weight is 311 g/mol. The summed E-state index contributed by atoms with van der Waals surface area (Å²) < 4.78 is 1.76. The van der Waals surface area contributed by atoms with Crippen LogP contribution in [0.15, 0.2) is 16.1 Å². The van der Waals surface area contributed by atoms with Gasteiger partial charge >= 0.3 is 0 Å². The second-order valence-corrected chi connectivity index (χ2v) is 4.46. The molecule has 0 aliphatic rings. The van der Waals surface area contributed by atoms with Gasteiger partial charge in [-0.15, -0.1) is 12.6 Å². The minimum absolute atomic E-state index is 0.209. The van der Waals surface area contributed by atoms with E-state index in [2.05, 4.69) is 61.0 Å². The van der Waals surface area contributed by atoms with Crippen molar-refractivity contribution in [1.82, 2.24) is 0 Å². The summed E-state index contributed by atoms with van der Waals surface area (Å²) in [6.45, 7) is 6.65. The van der Waals surface area contributed by atoms with Crippen molar-refractivity contribution in [3.63, 3.8) is 0 Å². The molecule has 0 amide bonds. The number of rotatable bonds is 5. The third-order valence-electron chi connectivity index (χ3n) is 2.45. The second-order valence-electron chi connectivity index (χ2n) is 3.43. The summed E-state index contributed by atoms with van der Waals surface area (Å²) >= 11 is 6.62. The van der Waals surface area contributed by atoms with Crippen molar-refractivity contribution in [2.75, 3.05) is 0 Å². The lowest BCUT2D eigenvalue weighted by atomic mass is 9.83. The number of hydrogen-bond acceptors (Lipinski definition) is 2. The normalized spacial score (nSPS) is 17.8. The quantitative estimate of drug-likeness (QED) is 0.438. The zero-order valence-corrected chi connectivity index (χ0v) is 11.6. The summed E-state index contributed by atoms with van der Waals surface area (Å²) in [5.74, 6) is 0. The summed E-state index contributed by atoms with van der Waals surface area (Å²) in [6, 6.07) is 0. The molecule has 0 aromatic carbocycles. The van der Waals surface area contributed by atoms with E-state index < -0.39 is 0 Å². The van der Waals surface area contributed by atoms with Crippen LogP contribution in [0.2, 0.25) is 0 Å². The fourth-order valence-corrected chi connectivity index (χ4v) is 1.79. The standard InChI is InChI=1S/C10H18INS/c1-4-6-10(3,5-2)9(13)7-12-8-11/h7-8,13H,4-6H2,1-3H3/b9-7-,12-8-. The van der Waals surface area contributed by atoms with E-state index in [1.807, 2.05) is 6.20 Å². The number of halogens is 1. The van der Waals surface area contributed by atoms with Crippen molar-refractivity contribution in [2.45, 2.75) is 40.0 Å². The van der Waals surface area contributed by atoms with E-state index >= 15 is 0 Å². The first kappa shape index (κ1) is 13.5. The predicted octanol–water partition coefficient (Wildman–Crippen LogP) is 4.44. The maximum atomic E-state index is 4.50. The van der Waals surface area contributed by atoms with Crippen LogP contribution in [0.5, 0.6) is 0 Å². The van der Waals surface area contributed by atoms with Gasteiger partial charge in [-0.1, -0.05) is 27.2 Å². The minimum atomic E-state index is 0.209. The molecule has 76 valence electrons. The largest absolute Gasteiger partial charge is 0.257 e. The van der Waals surface area contributed by atoms with Crippen LogP contribution >= 0.6 is 35.2 Å². The lowest BCUT2D eigenvalue weighted by molar-refractivity contribution is 0.365. The van der Waals surface area contributed by atoms with Gasteiger partial charge in [-0.3, -0.25) is 4.99 Å². The van der Waals surface area contributed by atoms with Gasteiger partial charge in [0.05, 0.1) is 4.22 Å². The van der Waals surface area contributed by atoms with E-state index in [4.69, 9.17) is 0 Å². The zero-order valence-electron chi connectivity index (χ0n) is 8.55. The number of thiol groups is 1. The molecule has 3 heteroatoms. The van der Waals surface area contributed by atoms with E-state index in [9.17, 15) is 0 Å². The predicted molar refractivity (Wildman–Crippen MR) is 72.9 cm³/mol. The molecule has 0 saturated heterocycles. The van der Waals surface area contributed by atoms with Crippen LogP contribution in [0, 0.1) is 5.41 Å². The van der Waals surface area contributed by atoms with Gasteiger partial charge in [0.15, 0.2) is 0 Å². The van der Waals surface area contributed by atoms with E-state index in [1.165, 1.54) is 12.8 Å². The van der Waals surface area contributed by atoms with Gasteiger partial charge in [0.1, 0.15) is 0 Å². The smallest absolute Gasteiger partial charge is 0.0651 e. The molecule has 0 aliphatic heterocycles. The summed E-state index contributed by atoms with van der Waals surface area (Å²) in [7, 11) is 0. The molecule has 0 aromatic heterocycles. The van der Waals surface area contributed by atoms with Crippen LogP contribution in [0.4, 0.5) is 0 Å². The molecule has 0 N–H and O–H groups in total. The molecule has 0 fully saturated rings. The first-order chi connectivity index (χ1) is 6.10. The molecule has 0 radical (unpaired) electrons. The lowest BCUT2D eigenvalue weighted by Crippen LogP contribution is -2.15. The van der Waals surface area contributed by atoms with Crippen molar-refractivity contribution < 1.29 is 0 Å². The monoisotopic (exact) mass is 311 g/mol. The molecule has 0 heterocycles. The van der Waals surface area contributed by atoms with Crippen LogP contribution in [0.3, 0.4) is 0 Å². The first-order valence-corrected chi connectivity index (χ1v) is 6.31. The summed E-state index contributed by atoms with van der Waals surface area (Å²) in [5, 5.41) is 0. The highest BCUT2D eigenvalue weighted by atomic mass is 127. The Morgan fingerprint density at radius 2 is 2.15 bits per heavy atom. The van der Waals surface area contributed by atoms with Crippen LogP contribution < -0.4 is 0 Å². The Kier molecular flexibility index (Phi) is 7.13. The Morgan fingerprint density at radius 1 is 1.54 bits per heavy atom. The van der Waals surface area contributed by atoms with Crippen LogP contribution in [-0.2, 0) is 0 Å². The number of nitrogens with zero attached hydrogens (tertiary/aromatic N) is 1. The van der Waals surface area contributed by atoms with Gasteiger partial charge in [0, 0.05) is 11.1 Å². The first-order valence-electron chi connectivity index (χ1n) is 4.62. The molecular formula is C10H18INS. The maximum absolute atomic E-state index is 4.50. The van der Waals surface area contributed by atoms with E-state index in [0.29, 0.717) is 0 Å². The maximum Gasteiger partial charge on any atom is 0.0651 e. The number of allylic oxidation sites excluding steroid dienone is 1. The lowest BCUT2D eigenvalue weighted by Gasteiger charge is -2.27. The molecule has 0 aliphatic carbocycles. The van der Waals surface area contributed by atoms with Gasteiger partial charge in [0.25, 0.3) is 0 Å². The van der Waals surface area contributed by atoms with Gasteiger partial charge < -0.3 is 0 Å². The molecule has 1 unspecified atom stereocenters. The van der Waals surface area contributed by atoms with Crippen molar-refractivity contribution in [1.29, 1.82) is 0 Å². The molecule has 1 nitrogen and oxygen atoms in total. The summed E-state index contributed by atoms with van der Waals surface area (Å²) in [5.41, 5.74) is 0.209. The van der Waals surface area contributed by atoms with E-state index in [1.54, 1.807) is 4.22 Å². The minimum Gasteiger partial charge on any atom is -0.257 e. The zero-order chi connectivity index (χ0) is 10.3. The Labute approximate surface area is 101 Å². The summed E-state index contributed by atoms with van der Waals surface area (Å²) in [6.07, 6.45) is 5.34. The fourth-order valence-electron chi connectivity index (χ4n) is 1.29. The van der Waals surface area contributed by atoms with Crippen molar-refractivity contribution >= 4 is 39.4 Å². The highest BCUT2D eigenvalue weighted by Crippen LogP contribution is 2.37. The van der Waals surface area contributed by atoms with Crippen molar-refractivity contribution in [2.24, 2.45) is 10.4 Å². The Balaban J connectivity index is 4.54. The third kappa shape index (κ3) is 4.49. The van der Waals surface area contributed by atoms with Gasteiger partial charge in [-0.25, -0.2) is 0 Å². The Bertz CT molecular complexity index is 201. The molecule has 13 heavy (non-hydrogen) atoms. The van der Waals surface area contributed by atoms with E-state index in [-0.39, 0.29) is 5.41 Å². The van der Waals surface area contributed by atoms with Crippen LogP contribution in [0.25, 0.3) is 0 Å². The fraction of sp³-hybridized carbons (Fsp3) is 0.700. The molecule has 0 bridgehead atoms. The summed E-state index contributed by atoms with van der Waals surface area (Å²) in [4.78, 5) is 5.18. The van der Waals surface area contributed by atoms with E-state index in [0.717, 1.165) is 11.3 Å². The average Bonchev–Trinajstić information content (AvgIpc) is 2.14. The molecular weight excluding hydrogens is 293 g/mol. The molecule has 0 rings (SSSR count). The topological polar surface area (TPSA) is 12.4 Å². The number of hydrogen-bond donors (Lipinski definition) is 1. The van der Waals surface area contributed by atoms with Crippen LogP contribution in [0.1, 0.15) is 40.0 Å². The Morgan fingerprint density at radius 3 is 2.54 bits per heavy atom. The number of aliphatic imine (C=N–C) groups is 1. The van der Waals surface area contributed by atoms with Gasteiger partial charge in [-0.05, 0) is 40.8 Å². The van der Waals surface area contributed by atoms with Crippen molar-refractivity contribution in [3.8, 4) is 0 Å². The molecule has 0 aromatic rings. The third-order valence-corrected chi connectivity index (χ3v) is 3.43. The molecule has 0 saturated carbocycles. The SMILES string of the molecule is CCCC(C)(CC)/C(S)=C/N=C\I. The van der Waals surface area contributed by atoms with Gasteiger partial charge in [-0.2, -0.15) is 0 Å². The van der Waals surface area contributed by atoms with Crippen molar-refractivity contribution in [3.05, 3.63) is 11.1 Å². The molecule has 1 atom stereocenters. The highest BCUT2D eigenvalue weighted by Gasteiger charge is 2.23. The molecule has 0 spiro atoms. The highest BCUT2D eigenvalue weighted by molar-refractivity contribution is 14.1. The Hall–Kier alpha value is 0.490. The second kappa shape index (κ2) is 6.87. The van der Waals surface area contributed by atoms with Crippen LogP contribution in [-0.4, -0.2) is 4.22 Å². The van der Waals surface area contributed by atoms with Gasteiger partial charge in [0.2, 0.25) is 0 Å².